The Labute approximate surface area is 202 Å². The van der Waals surface area contributed by atoms with Gasteiger partial charge in [-0.05, 0) is 24.0 Å². The van der Waals surface area contributed by atoms with Crippen LogP contribution in [0.1, 0.15) is 48.1 Å². The van der Waals surface area contributed by atoms with E-state index in [2.05, 4.69) is 18.8 Å². The molecule has 1 unspecified atom stereocenters. The number of Topliss-reactive ketones (excluding diaryl/α,β-unsaturated/α-hetero) is 1. The van der Waals surface area contributed by atoms with Crippen molar-refractivity contribution in [2.75, 3.05) is 11.2 Å². The predicted octanol–water partition coefficient (Wildman–Crippen LogP) is 4.60. The molecule has 9 heteroatoms. The lowest BCUT2D eigenvalue weighted by Gasteiger charge is -2.23. The van der Waals surface area contributed by atoms with Gasteiger partial charge >= 0.3 is 5.91 Å². The fourth-order valence-electron chi connectivity index (χ4n) is 3.81. The van der Waals surface area contributed by atoms with Crippen molar-refractivity contribution in [3.8, 4) is 0 Å². The summed E-state index contributed by atoms with van der Waals surface area (Å²) in [5, 5.41) is 11.2. The molecule has 176 valence electrons. The molecule has 1 aliphatic rings. The van der Waals surface area contributed by atoms with E-state index >= 15 is 0 Å². The first kappa shape index (κ1) is 23.8. The number of amides is 1. The number of rotatable bonds is 5. The summed E-state index contributed by atoms with van der Waals surface area (Å²) in [5.74, 6) is -1.74. The van der Waals surface area contributed by atoms with Crippen molar-refractivity contribution in [3.63, 3.8) is 0 Å². The van der Waals surface area contributed by atoms with E-state index in [4.69, 9.17) is 0 Å². The molecule has 2 aromatic carbocycles. The Balaban J connectivity index is 1.92. The number of nitrogens with zero attached hydrogens (tertiary/aromatic N) is 2. The molecule has 1 fully saturated rings. The highest BCUT2D eigenvalue weighted by molar-refractivity contribution is 7.92. The molecule has 0 saturated carbocycles. The van der Waals surface area contributed by atoms with Gasteiger partial charge in [0.15, 0.2) is 15.0 Å². The number of aliphatic hydroxyl groups excluding tert-OH is 1. The average molecular weight is 497 g/mol. The number of benzene rings is 2. The molecule has 0 bridgehead atoms. The zero-order valence-corrected chi connectivity index (χ0v) is 20.8. The van der Waals surface area contributed by atoms with Crippen molar-refractivity contribution in [1.29, 1.82) is 0 Å². The van der Waals surface area contributed by atoms with E-state index < -0.39 is 27.6 Å². The molecule has 34 heavy (non-hydrogen) atoms. The molecule has 2 heterocycles. The van der Waals surface area contributed by atoms with Gasteiger partial charge in [0.25, 0.3) is 5.78 Å². The molecule has 3 aromatic rings. The Morgan fingerprint density at radius 3 is 2.21 bits per heavy atom. The van der Waals surface area contributed by atoms with Gasteiger partial charge in [0.2, 0.25) is 0 Å². The summed E-state index contributed by atoms with van der Waals surface area (Å²) in [5.41, 5.74) is 3.00. The average Bonchev–Trinajstić information content (AvgIpc) is 3.37. The van der Waals surface area contributed by atoms with Crippen LogP contribution in [0, 0.1) is 6.92 Å². The number of aromatic nitrogens is 1. The maximum atomic E-state index is 13.2. The second-order valence-electron chi connectivity index (χ2n) is 8.59. The monoisotopic (exact) mass is 496 g/mol. The maximum Gasteiger partial charge on any atom is 0.301 e. The number of thiazole rings is 1. The lowest BCUT2D eigenvalue weighted by molar-refractivity contribution is -0.132. The van der Waals surface area contributed by atoms with Crippen LogP contribution in [0.2, 0.25) is 0 Å². The molecule has 0 spiro atoms. The van der Waals surface area contributed by atoms with Crippen molar-refractivity contribution in [2.45, 2.75) is 36.9 Å². The Morgan fingerprint density at radius 2 is 1.68 bits per heavy atom. The van der Waals surface area contributed by atoms with Crippen LogP contribution in [0.3, 0.4) is 0 Å². The van der Waals surface area contributed by atoms with E-state index in [0.29, 0.717) is 11.1 Å². The number of anilines is 1. The first-order valence-corrected chi connectivity index (χ1v) is 13.3. The summed E-state index contributed by atoms with van der Waals surface area (Å²) in [7, 11) is -3.55. The Morgan fingerprint density at radius 1 is 1.06 bits per heavy atom. The minimum Gasteiger partial charge on any atom is -0.507 e. The fraction of sp³-hybridized carbons (Fsp3) is 0.240. The minimum atomic E-state index is -3.55. The van der Waals surface area contributed by atoms with Gasteiger partial charge in [-0.3, -0.25) is 14.5 Å². The number of sulfone groups is 1. The third kappa shape index (κ3) is 4.28. The number of carbonyl (C=O) groups is 2. The Kier molecular flexibility index (Phi) is 6.18. The number of hydrogen-bond acceptors (Lipinski definition) is 7. The highest BCUT2D eigenvalue weighted by Crippen LogP contribution is 2.44. The molecule has 7 nitrogen and oxygen atoms in total. The predicted molar refractivity (Wildman–Crippen MR) is 132 cm³/mol. The standard InChI is InChI=1S/C25H24N2O5S2/c1-14(2)16-9-11-17(12-10-16)21-20(22(28)18-7-5-15(3)6-8-18)23(29)24(30)27(21)25-26-13-19(33-25)34(4,31)32/h5-14,21,28H,1-4H3/b22-20+. The second kappa shape index (κ2) is 8.81. The molecule has 1 amide bonds. The summed E-state index contributed by atoms with van der Waals surface area (Å²) in [6.45, 7) is 6.02. The molecule has 0 radical (unpaired) electrons. The summed E-state index contributed by atoms with van der Waals surface area (Å²) in [6.07, 6.45) is 2.23. The van der Waals surface area contributed by atoms with Gasteiger partial charge in [0.1, 0.15) is 9.97 Å². The van der Waals surface area contributed by atoms with E-state index in [-0.39, 0.29) is 26.6 Å². The summed E-state index contributed by atoms with van der Waals surface area (Å²) >= 11 is 0.810. The molecule has 1 aromatic heterocycles. The fourth-order valence-corrected chi connectivity index (χ4v) is 5.56. The van der Waals surface area contributed by atoms with Gasteiger partial charge in [0, 0.05) is 11.8 Å². The van der Waals surface area contributed by atoms with Crippen LogP contribution >= 0.6 is 11.3 Å². The molecule has 1 aliphatic heterocycles. The van der Waals surface area contributed by atoms with Crippen LogP contribution in [0.15, 0.2) is 64.5 Å². The van der Waals surface area contributed by atoms with E-state index in [1.165, 1.54) is 11.1 Å². The zero-order valence-electron chi connectivity index (χ0n) is 19.1. The Bertz CT molecular complexity index is 1400. The first-order chi connectivity index (χ1) is 16.0. The van der Waals surface area contributed by atoms with Crippen LogP contribution in [0.4, 0.5) is 5.13 Å². The van der Waals surface area contributed by atoms with E-state index in [9.17, 15) is 23.1 Å². The van der Waals surface area contributed by atoms with Crippen LogP contribution in [-0.2, 0) is 19.4 Å². The first-order valence-electron chi connectivity index (χ1n) is 10.6. The normalized spacial score (nSPS) is 18.1. The van der Waals surface area contributed by atoms with Gasteiger partial charge in [-0.2, -0.15) is 0 Å². The van der Waals surface area contributed by atoms with Crippen molar-refractivity contribution in [2.24, 2.45) is 0 Å². The van der Waals surface area contributed by atoms with Crippen LogP contribution in [-0.4, -0.2) is 36.5 Å². The maximum absolute atomic E-state index is 13.2. The third-order valence-corrected chi connectivity index (χ3v) is 8.52. The van der Waals surface area contributed by atoms with E-state index in [1.54, 1.807) is 24.3 Å². The number of hydrogen-bond donors (Lipinski definition) is 1. The van der Waals surface area contributed by atoms with Crippen molar-refractivity contribution >= 4 is 43.8 Å². The van der Waals surface area contributed by atoms with Crippen molar-refractivity contribution < 1.29 is 23.1 Å². The zero-order chi connectivity index (χ0) is 24.8. The van der Waals surface area contributed by atoms with Crippen LogP contribution < -0.4 is 4.90 Å². The molecule has 4 rings (SSSR count). The number of aryl methyl sites for hydroxylation is 1. The highest BCUT2D eigenvalue weighted by Gasteiger charge is 2.48. The summed E-state index contributed by atoms with van der Waals surface area (Å²) in [4.78, 5) is 31.7. The van der Waals surface area contributed by atoms with E-state index in [1.807, 2.05) is 31.2 Å². The Hall–Kier alpha value is -3.30. The molecule has 1 atom stereocenters. The third-order valence-electron chi connectivity index (χ3n) is 5.73. The second-order valence-corrected chi connectivity index (χ2v) is 11.8. The molecular weight excluding hydrogens is 472 g/mol. The van der Waals surface area contributed by atoms with Crippen LogP contribution in [0.5, 0.6) is 0 Å². The van der Waals surface area contributed by atoms with E-state index in [0.717, 1.165) is 28.7 Å². The van der Waals surface area contributed by atoms with Crippen LogP contribution in [0.25, 0.3) is 5.76 Å². The highest BCUT2D eigenvalue weighted by atomic mass is 32.2. The minimum absolute atomic E-state index is 0.0168. The summed E-state index contributed by atoms with van der Waals surface area (Å²) in [6, 6.07) is 13.5. The molecular formula is C25H24N2O5S2. The van der Waals surface area contributed by atoms with Gasteiger partial charge in [-0.1, -0.05) is 79.3 Å². The van der Waals surface area contributed by atoms with Gasteiger partial charge in [-0.25, -0.2) is 13.4 Å². The molecule has 1 saturated heterocycles. The SMILES string of the molecule is Cc1ccc(/C(O)=C2\C(=O)C(=O)N(c3ncc(S(C)(=O)=O)s3)C2c2ccc(C(C)C)cc2)cc1. The number of aliphatic hydroxyl groups is 1. The van der Waals surface area contributed by atoms with Crippen molar-refractivity contribution in [1.82, 2.24) is 4.98 Å². The van der Waals surface area contributed by atoms with Crippen molar-refractivity contribution in [3.05, 3.63) is 82.6 Å². The van der Waals surface area contributed by atoms with Gasteiger partial charge in [0.05, 0.1) is 17.8 Å². The summed E-state index contributed by atoms with van der Waals surface area (Å²) < 4.78 is 24.0. The topological polar surface area (TPSA) is 105 Å². The molecule has 0 aliphatic carbocycles. The largest absolute Gasteiger partial charge is 0.507 e. The quantitative estimate of drug-likeness (QED) is 0.314. The smallest absolute Gasteiger partial charge is 0.301 e. The number of ketones is 1. The van der Waals surface area contributed by atoms with Gasteiger partial charge < -0.3 is 5.11 Å². The molecule has 1 N–H and O–H groups in total. The number of carbonyl (C=O) groups excluding carboxylic acids is 2. The lowest BCUT2D eigenvalue weighted by atomic mass is 9.93. The van der Waals surface area contributed by atoms with Gasteiger partial charge in [-0.15, -0.1) is 0 Å². The lowest BCUT2D eigenvalue weighted by Crippen LogP contribution is -2.29.